The lowest BCUT2D eigenvalue weighted by Crippen LogP contribution is -2.31. The SMILES string of the molecule is CC(C)Oc1nccnc1N1CCc2ccc([N+](=O)[O-])cc2C1. The van der Waals surface area contributed by atoms with Crippen LogP contribution in [0.1, 0.15) is 25.0 Å². The number of hydrogen-bond acceptors (Lipinski definition) is 6. The van der Waals surface area contributed by atoms with Gasteiger partial charge in [0.2, 0.25) is 0 Å². The number of aromatic nitrogens is 2. The van der Waals surface area contributed by atoms with E-state index in [4.69, 9.17) is 4.74 Å². The summed E-state index contributed by atoms with van der Waals surface area (Å²) in [5, 5.41) is 11.0. The van der Waals surface area contributed by atoms with Gasteiger partial charge in [0, 0.05) is 37.6 Å². The molecule has 0 saturated carbocycles. The van der Waals surface area contributed by atoms with Gasteiger partial charge in [-0.05, 0) is 31.4 Å². The van der Waals surface area contributed by atoms with Crippen LogP contribution in [-0.4, -0.2) is 27.5 Å². The highest BCUT2D eigenvalue weighted by Crippen LogP contribution is 2.30. The van der Waals surface area contributed by atoms with Crippen molar-refractivity contribution in [2.45, 2.75) is 32.9 Å². The van der Waals surface area contributed by atoms with Gasteiger partial charge in [-0.15, -0.1) is 0 Å². The molecule has 7 heteroatoms. The van der Waals surface area contributed by atoms with Gasteiger partial charge in [-0.2, -0.15) is 0 Å². The molecule has 2 heterocycles. The van der Waals surface area contributed by atoms with E-state index in [0.29, 0.717) is 18.2 Å². The normalized spacial score (nSPS) is 13.8. The number of nitrogens with zero attached hydrogens (tertiary/aromatic N) is 4. The van der Waals surface area contributed by atoms with E-state index in [2.05, 4.69) is 14.9 Å². The smallest absolute Gasteiger partial charge is 0.269 e. The summed E-state index contributed by atoms with van der Waals surface area (Å²) in [4.78, 5) is 21.3. The topological polar surface area (TPSA) is 81.4 Å². The van der Waals surface area contributed by atoms with Gasteiger partial charge in [0.05, 0.1) is 11.0 Å². The fraction of sp³-hybridized carbons (Fsp3) is 0.375. The van der Waals surface area contributed by atoms with Gasteiger partial charge in [0.1, 0.15) is 0 Å². The zero-order chi connectivity index (χ0) is 16.4. The standard InChI is InChI=1S/C16H18N4O3/c1-11(2)23-16-15(17-6-7-18-16)19-8-5-12-3-4-14(20(21)22)9-13(12)10-19/h3-4,6-7,9,11H,5,8,10H2,1-2H3. The first-order valence-corrected chi connectivity index (χ1v) is 7.53. The van der Waals surface area contributed by atoms with Crippen molar-refractivity contribution < 1.29 is 9.66 Å². The van der Waals surface area contributed by atoms with E-state index in [1.807, 2.05) is 19.9 Å². The van der Waals surface area contributed by atoms with Gasteiger partial charge in [0.15, 0.2) is 5.82 Å². The molecule has 0 spiro atoms. The van der Waals surface area contributed by atoms with Crippen molar-refractivity contribution in [1.82, 2.24) is 9.97 Å². The Hall–Kier alpha value is -2.70. The summed E-state index contributed by atoms with van der Waals surface area (Å²) in [6, 6.07) is 5.04. The third-order valence-electron chi connectivity index (χ3n) is 3.71. The third kappa shape index (κ3) is 3.23. The molecule has 0 bridgehead atoms. The van der Waals surface area contributed by atoms with Crippen molar-refractivity contribution in [3.8, 4) is 5.88 Å². The second-order valence-corrected chi connectivity index (χ2v) is 5.73. The quantitative estimate of drug-likeness (QED) is 0.637. The van der Waals surface area contributed by atoms with Crippen molar-refractivity contribution in [2.75, 3.05) is 11.4 Å². The fourth-order valence-electron chi connectivity index (χ4n) is 2.68. The Morgan fingerprint density at radius 1 is 1.26 bits per heavy atom. The van der Waals surface area contributed by atoms with Crippen LogP contribution in [0.2, 0.25) is 0 Å². The molecule has 0 aliphatic carbocycles. The number of rotatable bonds is 4. The molecule has 0 radical (unpaired) electrons. The molecule has 0 saturated heterocycles. The molecule has 3 rings (SSSR count). The highest BCUT2D eigenvalue weighted by molar-refractivity contribution is 5.52. The van der Waals surface area contributed by atoms with Crippen LogP contribution in [0.4, 0.5) is 11.5 Å². The lowest BCUT2D eigenvalue weighted by atomic mass is 9.99. The number of anilines is 1. The van der Waals surface area contributed by atoms with E-state index in [1.165, 1.54) is 0 Å². The number of nitro groups is 1. The highest BCUT2D eigenvalue weighted by Gasteiger charge is 2.23. The van der Waals surface area contributed by atoms with Gasteiger partial charge in [-0.3, -0.25) is 10.1 Å². The molecule has 0 N–H and O–H groups in total. The molecule has 0 unspecified atom stereocenters. The Morgan fingerprint density at radius 2 is 2.04 bits per heavy atom. The molecule has 1 aromatic carbocycles. The lowest BCUT2D eigenvalue weighted by Gasteiger charge is -2.30. The number of benzene rings is 1. The molecule has 2 aromatic rings. The first-order valence-electron chi connectivity index (χ1n) is 7.53. The molecule has 1 aromatic heterocycles. The van der Waals surface area contributed by atoms with Crippen molar-refractivity contribution >= 4 is 11.5 Å². The Morgan fingerprint density at radius 3 is 2.78 bits per heavy atom. The molecular weight excluding hydrogens is 296 g/mol. The van der Waals surface area contributed by atoms with Crippen LogP contribution in [0.25, 0.3) is 0 Å². The van der Waals surface area contributed by atoms with Gasteiger partial charge in [0.25, 0.3) is 11.6 Å². The summed E-state index contributed by atoms with van der Waals surface area (Å²) in [6.07, 6.45) is 4.05. The average Bonchev–Trinajstić information content (AvgIpc) is 2.53. The number of non-ortho nitro benzene ring substituents is 1. The van der Waals surface area contributed by atoms with Crippen LogP contribution in [0, 0.1) is 10.1 Å². The minimum absolute atomic E-state index is 0.00335. The van der Waals surface area contributed by atoms with Crippen LogP contribution < -0.4 is 9.64 Å². The minimum atomic E-state index is -0.366. The van der Waals surface area contributed by atoms with Gasteiger partial charge in [-0.1, -0.05) is 6.07 Å². The maximum Gasteiger partial charge on any atom is 0.269 e. The molecule has 1 aliphatic rings. The van der Waals surface area contributed by atoms with E-state index in [0.717, 1.165) is 24.1 Å². The number of fused-ring (bicyclic) bond motifs is 1. The van der Waals surface area contributed by atoms with Crippen LogP contribution in [0.5, 0.6) is 5.88 Å². The predicted molar refractivity (Wildman–Crippen MR) is 85.6 cm³/mol. The van der Waals surface area contributed by atoms with Crippen LogP contribution in [-0.2, 0) is 13.0 Å². The maximum absolute atomic E-state index is 11.0. The van der Waals surface area contributed by atoms with Crippen LogP contribution in [0.3, 0.4) is 0 Å². The first-order chi connectivity index (χ1) is 11.0. The predicted octanol–water partition coefficient (Wildman–Crippen LogP) is 2.73. The summed E-state index contributed by atoms with van der Waals surface area (Å²) >= 11 is 0. The third-order valence-corrected chi connectivity index (χ3v) is 3.71. The molecule has 120 valence electrons. The van der Waals surface area contributed by atoms with Crippen molar-refractivity contribution in [3.63, 3.8) is 0 Å². The van der Waals surface area contributed by atoms with E-state index >= 15 is 0 Å². The van der Waals surface area contributed by atoms with Gasteiger partial charge < -0.3 is 9.64 Å². The Kier molecular flexibility index (Phi) is 4.10. The Labute approximate surface area is 134 Å². The largest absolute Gasteiger partial charge is 0.472 e. The van der Waals surface area contributed by atoms with E-state index in [1.54, 1.807) is 24.5 Å². The summed E-state index contributed by atoms with van der Waals surface area (Å²) in [6.45, 7) is 5.21. The monoisotopic (exact) mass is 314 g/mol. The lowest BCUT2D eigenvalue weighted by molar-refractivity contribution is -0.384. The number of nitro benzene ring substituents is 1. The first kappa shape index (κ1) is 15.2. The fourth-order valence-corrected chi connectivity index (χ4v) is 2.68. The zero-order valence-corrected chi connectivity index (χ0v) is 13.1. The number of ether oxygens (including phenoxy) is 1. The van der Waals surface area contributed by atoms with Crippen LogP contribution >= 0.6 is 0 Å². The molecule has 0 fully saturated rings. The van der Waals surface area contributed by atoms with Gasteiger partial charge in [-0.25, -0.2) is 9.97 Å². The second kappa shape index (κ2) is 6.20. The highest BCUT2D eigenvalue weighted by atomic mass is 16.6. The Balaban J connectivity index is 1.90. The Bertz CT molecular complexity index is 733. The second-order valence-electron chi connectivity index (χ2n) is 5.73. The maximum atomic E-state index is 11.0. The number of hydrogen-bond donors (Lipinski definition) is 0. The summed E-state index contributed by atoms with van der Waals surface area (Å²) in [7, 11) is 0. The van der Waals surface area contributed by atoms with Crippen molar-refractivity contribution in [3.05, 3.63) is 51.8 Å². The van der Waals surface area contributed by atoms with Crippen LogP contribution in [0.15, 0.2) is 30.6 Å². The summed E-state index contributed by atoms with van der Waals surface area (Å²) < 4.78 is 5.72. The molecule has 0 amide bonds. The minimum Gasteiger partial charge on any atom is -0.472 e. The molecule has 23 heavy (non-hydrogen) atoms. The molecule has 7 nitrogen and oxygen atoms in total. The summed E-state index contributed by atoms with van der Waals surface area (Å²) in [5.74, 6) is 1.18. The molecule has 1 aliphatic heterocycles. The molecule has 0 atom stereocenters. The zero-order valence-electron chi connectivity index (χ0n) is 13.1. The van der Waals surface area contributed by atoms with E-state index in [-0.39, 0.29) is 16.7 Å². The average molecular weight is 314 g/mol. The van der Waals surface area contributed by atoms with Gasteiger partial charge >= 0.3 is 0 Å². The van der Waals surface area contributed by atoms with E-state index in [9.17, 15) is 10.1 Å². The van der Waals surface area contributed by atoms with Crippen molar-refractivity contribution in [1.29, 1.82) is 0 Å². The summed E-state index contributed by atoms with van der Waals surface area (Å²) in [5.41, 5.74) is 2.21. The van der Waals surface area contributed by atoms with E-state index < -0.39 is 0 Å². The molecular formula is C16H18N4O3. The van der Waals surface area contributed by atoms with Crippen molar-refractivity contribution in [2.24, 2.45) is 0 Å².